The van der Waals surface area contributed by atoms with Gasteiger partial charge in [-0.2, -0.15) is 0 Å². The second-order valence-electron chi connectivity index (χ2n) is 5.29. The van der Waals surface area contributed by atoms with E-state index in [1.165, 1.54) is 0 Å². The molecule has 0 radical (unpaired) electrons. The molecule has 26 heavy (non-hydrogen) atoms. The molecular formula is C13H18Cl3NO9. The van der Waals surface area contributed by atoms with Crippen LogP contribution in [-0.4, -0.2) is 75.9 Å². The number of esters is 2. The zero-order chi connectivity index (χ0) is 20.1. The molecule has 0 aromatic rings. The molecule has 1 saturated heterocycles. The van der Waals surface area contributed by atoms with E-state index in [1.54, 1.807) is 0 Å². The third-order valence-electron chi connectivity index (χ3n) is 3.10. The van der Waals surface area contributed by atoms with Crippen LogP contribution < -0.4 is 5.32 Å². The number of hydrogen-bond acceptors (Lipinski definition) is 9. The number of hydrogen-bond donors (Lipinski definition) is 3. The fourth-order valence-corrected chi connectivity index (χ4v) is 2.25. The van der Waals surface area contributed by atoms with Crippen molar-refractivity contribution < 1.29 is 43.5 Å². The number of carbonyl (C=O) groups excluding carboxylic acids is 3. The van der Waals surface area contributed by atoms with E-state index in [2.05, 4.69) is 10.1 Å². The van der Waals surface area contributed by atoms with Crippen LogP contribution in [0.25, 0.3) is 0 Å². The third kappa shape index (κ3) is 7.68. The number of amides is 1. The molecule has 5 atom stereocenters. The van der Waals surface area contributed by atoms with Crippen LogP contribution in [0.15, 0.2) is 0 Å². The number of ether oxygens (including phenoxy) is 4. The first-order valence-electron chi connectivity index (χ1n) is 7.23. The van der Waals surface area contributed by atoms with Crippen molar-refractivity contribution >= 4 is 52.8 Å². The number of carbonyl (C=O) groups is 3. The van der Waals surface area contributed by atoms with Gasteiger partial charge in [0.2, 0.25) is 3.79 Å². The molecule has 1 rings (SSSR count). The smallest absolute Gasteiger partial charge is 0.407 e. The summed E-state index contributed by atoms with van der Waals surface area (Å²) in [6.07, 6.45) is -6.96. The van der Waals surface area contributed by atoms with E-state index >= 15 is 0 Å². The molecule has 13 heteroatoms. The topological polar surface area (TPSA) is 141 Å². The normalized spacial score (nSPS) is 28.8. The summed E-state index contributed by atoms with van der Waals surface area (Å²) in [6.45, 7) is 1.23. The lowest BCUT2D eigenvalue weighted by molar-refractivity contribution is -0.260. The number of halogens is 3. The predicted molar refractivity (Wildman–Crippen MR) is 87.6 cm³/mol. The van der Waals surface area contributed by atoms with Crippen LogP contribution in [0.1, 0.15) is 13.8 Å². The van der Waals surface area contributed by atoms with Gasteiger partial charge >= 0.3 is 18.0 Å². The Hall–Kier alpha value is -1.04. The van der Waals surface area contributed by atoms with Gasteiger partial charge in [0.15, 0.2) is 12.4 Å². The highest BCUT2D eigenvalue weighted by Crippen LogP contribution is 2.26. The van der Waals surface area contributed by atoms with Gasteiger partial charge in [0.1, 0.15) is 31.5 Å². The van der Waals surface area contributed by atoms with Gasteiger partial charge in [0.05, 0.1) is 0 Å². The summed E-state index contributed by atoms with van der Waals surface area (Å²) in [5, 5.41) is 22.5. The molecule has 3 N–H and O–H groups in total. The first kappa shape index (κ1) is 23.0. The van der Waals surface area contributed by atoms with Crippen LogP contribution in [0.5, 0.6) is 0 Å². The van der Waals surface area contributed by atoms with Gasteiger partial charge < -0.3 is 34.5 Å². The average molecular weight is 439 g/mol. The first-order chi connectivity index (χ1) is 11.9. The maximum Gasteiger partial charge on any atom is 0.407 e. The van der Waals surface area contributed by atoms with Gasteiger partial charge in [0, 0.05) is 13.8 Å². The molecule has 0 saturated carbocycles. The minimum atomic E-state index is -1.85. The molecule has 150 valence electrons. The van der Waals surface area contributed by atoms with Crippen LogP contribution in [0, 0.1) is 0 Å². The summed E-state index contributed by atoms with van der Waals surface area (Å²) < 4.78 is 17.6. The molecule has 1 fully saturated rings. The fraction of sp³-hybridized carbons (Fsp3) is 0.769. The molecule has 1 heterocycles. The minimum absolute atomic E-state index is 0.397. The molecule has 1 aliphatic rings. The summed E-state index contributed by atoms with van der Waals surface area (Å²) in [7, 11) is 0. The largest absolute Gasteiger partial charge is 0.463 e. The summed E-state index contributed by atoms with van der Waals surface area (Å²) in [4.78, 5) is 33.9. The summed E-state index contributed by atoms with van der Waals surface area (Å²) in [5.41, 5.74) is 0. The highest BCUT2D eigenvalue weighted by atomic mass is 35.6. The van der Waals surface area contributed by atoms with Crippen molar-refractivity contribution in [1.82, 2.24) is 5.32 Å². The van der Waals surface area contributed by atoms with Crippen molar-refractivity contribution in [3.8, 4) is 0 Å². The standard InChI is InChI=1S/C13H18Cl3NO9/c1-5(18)23-3-7-10(25-6(2)19)9(20)8(11(21)26-7)17-12(22)24-4-13(14,15)16/h7-11,20-21H,3-4H2,1-2H3,(H,17,22)/t7-,8-,9-,10-,11-/m1/s1. The van der Waals surface area contributed by atoms with Crippen molar-refractivity contribution in [1.29, 1.82) is 0 Å². The Kier molecular flexibility index (Phi) is 8.64. The Morgan fingerprint density at radius 3 is 2.23 bits per heavy atom. The van der Waals surface area contributed by atoms with E-state index in [9.17, 15) is 24.6 Å². The van der Waals surface area contributed by atoms with Crippen molar-refractivity contribution in [2.75, 3.05) is 13.2 Å². The van der Waals surface area contributed by atoms with E-state index in [1.807, 2.05) is 0 Å². The van der Waals surface area contributed by atoms with Gasteiger partial charge in [-0.1, -0.05) is 34.8 Å². The van der Waals surface area contributed by atoms with Crippen molar-refractivity contribution in [2.45, 2.75) is 48.3 Å². The number of aliphatic hydroxyl groups is 2. The molecule has 0 aromatic heterocycles. The quantitative estimate of drug-likeness (QED) is 0.308. The Morgan fingerprint density at radius 2 is 1.73 bits per heavy atom. The van der Waals surface area contributed by atoms with Crippen LogP contribution >= 0.6 is 34.8 Å². The minimum Gasteiger partial charge on any atom is -0.463 e. The lowest BCUT2D eigenvalue weighted by Gasteiger charge is -2.41. The Balaban J connectivity index is 2.80. The van der Waals surface area contributed by atoms with E-state index in [-0.39, 0.29) is 0 Å². The number of rotatable bonds is 5. The van der Waals surface area contributed by atoms with Crippen LogP contribution in [0.3, 0.4) is 0 Å². The van der Waals surface area contributed by atoms with E-state index in [4.69, 9.17) is 49.0 Å². The number of alkyl halides is 3. The molecule has 1 amide bonds. The van der Waals surface area contributed by atoms with E-state index in [0.29, 0.717) is 0 Å². The first-order valence-corrected chi connectivity index (χ1v) is 8.36. The average Bonchev–Trinajstić information content (AvgIpc) is 2.49. The Bertz CT molecular complexity index is 527. The van der Waals surface area contributed by atoms with Gasteiger partial charge in [-0.15, -0.1) is 0 Å². The highest BCUT2D eigenvalue weighted by Gasteiger charge is 2.48. The summed E-state index contributed by atoms with van der Waals surface area (Å²) in [6, 6.07) is -1.43. The molecule has 1 aliphatic heterocycles. The lowest BCUT2D eigenvalue weighted by atomic mass is 9.97. The van der Waals surface area contributed by atoms with Crippen LogP contribution in [0.2, 0.25) is 0 Å². The summed E-state index contributed by atoms with van der Waals surface area (Å²) in [5.74, 6) is -1.41. The predicted octanol–water partition coefficient (Wildman–Crippen LogP) is 0.0243. The molecule has 0 bridgehead atoms. The maximum atomic E-state index is 11.7. The van der Waals surface area contributed by atoms with Gasteiger partial charge in [-0.25, -0.2) is 4.79 Å². The lowest BCUT2D eigenvalue weighted by Crippen LogP contribution is -2.65. The molecule has 0 unspecified atom stereocenters. The van der Waals surface area contributed by atoms with Crippen LogP contribution in [-0.2, 0) is 28.5 Å². The highest BCUT2D eigenvalue weighted by molar-refractivity contribution is 6.67. The zero-order valence-corrected chi connectivity index (χ0v) is 16.0. The van der Waals surface area contributed by atoms with Gasteiger partial charge in [0.25, 0.3) is 0 Å². The maximum absolute atomic E-state index is 11.7. The number of nitrogens with one attached hydrogen (secondary N) is 1. The summed E-state index contributed by atoms with van der Waals surface area (Å²) >= 11 is 16.3. The van der Waals surface area contributed by atoms with E-state index < -0.39 is 65.7 Å². The molecule has 0 aromatic carbocycles. The van der Waals surface area contributed by atoms with Crippen molar-refractivity contribution in [3.63, 3.8) is 0 Å². The fourth-order valence-electron chi connectivity index (χ4n) is 2.09. The third-order valence-corrected chi connectivity index (χ3v) is 3.42. The van der Waals surface area contributed by atoms with E-state index in [0.717, 1.165) is 13.8 Å². The SMILES string of the molecule is CC(=O)OC[C@H]1O[C@@H](O)[C@H](NC(=O)OCC(Cl)(Cl)Cl)[C@@H](O)[C@@H]1OC(C)=O. The second kappa shape index (κ2) is 9.77. The number of alkyl carbamates (subject to hydrolysis) is 1. The second-order valence-corrected chi connectivity index (χ2v) is 7.81. The Labute approximate surface area is 163 Å². The molecule has 0 aliphatic carbocycles. The molecular weight excluding hydrogens is 421 g/mol. The van der Waals surface area contributed by atoms with Gasteiger partial charge in [-0.3, -0.25) is 9.59 Å². The van der Waals surface area contributed by atoms with Crippen molar-refractivity contribution in [2.24, 2.45) is 0 Å². The number of aliphatic hydroxyl groups excluding tert-OH is 2. The van der Waals surface area contributed by atoms with Gasteiger partial charge in [-0.05, 0) is 0 Å². The Morgan fingerprint density at radius 1 is 1.12 bits per heavy atom. The monoisotopic (exact) mass is 437 g/mol. The zero-order valence-electron chi connectivity index (χ0n) is 13.7. The van der Waals surface area contributed by atoms with Crippen LogP contribution in [0.4, 0.5) is 4.79 Å². The molecule has 10 nitrogen and oxygen atoms in total. The molecule has 0 spiro atoms. The van der Waals surface area contributed by atoms with Crippen molar-refractivity contribution in [3.05, 3.63) is 0 Å².